The topological polar surface area (TPSA) is 64.3 Å². The van der Waals surface area contributed by atoms with E-state index >= 15 is 0 Å². The summed E-state index contributed by atoms with van der Waals surface area (Å²) in [7, 11) is 0. The summed E-state index contributed by atoms with van der Waals surface area (Å²) < 4.78 is 5.03. The molecule has 1 aromatic carbocycles. The molecule has 1 rings (SSSR count). The summed E-state index contributed by atoms with van der Waals surface area (Å²) >= 11 is 0. The number of hydrogen-bond donors (Lipinski definition) is 2. The van der Waals surface area contributed by atoms with E-state index < -0.39 is 6.09 Å². The molecule has 88 valence electrons. The van der Waals surface area contributed by atoms with Gasteiger partial charge in [0.2, 0.25) is 0 Å². The van der Waals surface area contributed by atoms with Crippen LogP contribution >= 0.6 is 0 Å². The van der Waals surface area contributed by atoms with Crippen molar-refractivity contribution in [1.82, 2.24) is 5.32 Å². The second-order valence-corrected chi connectivity index (χ2v) is 3.78. The van der Waals surface area contributed by atoms with Crippen LogP contribution in [0.15, 0.2) is 30.3 Å². The van der Waals surface area contributed by atoms with E-state index in [1.54, 1.807) is 0 Å². The molecule has 0 radical (unpaired) electrons. The van der Waals surface area contributed by atoms with Gasteiger partial charge < -0.3 is 15.8 Å². The van der Waals surface area contributed by atoms with Crippen LogP contribution < -0.4 is 11.1 Å². The van der Waals surface area contributed by atoms with Crippen molar-refractivity contribution in [3.05, 3.63) is 35.9 Å². The van der Waals surface area contributed by atoms with E-state index in [0.29, 0.717) is 19.7 Å². The van der Waals surface area contributed by atoms with E-state index in [4.69, 9.17) is 10.5 Å². The van der Waals surface area contributed by atoms with Gasteiger partial charge in [-0.05, 0) is 18.0 Å². The number of benzene rings is 1. The Kier molecular flexibility index (Phi) is 5.36. The fourth-order valence-electron chi connectivity index (χ4n) is 1.12. The summed E-state index contributed by atoms with van der Waals surface area (Å²) in [6, 6.07) is 9.57. The molecular weight excluding hydrogens is 204 g/mol. The minimum atomic E-state index is -0.399. The molecule has 16 heavy (non-hydrogen) atoms. The van der Waals surface area contributed by atoms with E-state index in [1.165, 1.54) is 0 Å². The zero-order chi connectivity index (χ0) is 11.8. The minimum absolute atomic E-state index is 0.268. The maximum atomic E-state index is 11.3. The van der Waals surface area contributed by atoms with Gasteiger partial charge in [0, 0.05) is 6.54 Å². The maximum absolute atomic E-state index is 11.3. The average molecular weight is 222 g/mol. The quantitative estimate of drug-likeness (QED) is 0.793. The van der Waals surface area contributed by atoms with Crippen LogP contribution in [0.25, 0.3) is 0 Å². The summed E-state index contributed by atoms with van der Waals surface area (Å²) in [5, 5.41) is 2.66. The molecule has 0 saturated carbocycles. The van der Waals surface area contributed by atoms with Crippen LogP contribution in [0.3, 0.4) is 0 Å². The summed E-state index contributed by atoms with van der Waals surface area (Å²) in [5.74, 6) is 0.268. The fraction of sp³-hybridized carbons (Fsp3) is 0.417. The first-order valence-electron chi connectivity index (χ1n) is 5.37. The number of rotatable bonds is 5. The molecule has 0 aliphatic carbocycles. The second-order valence-electron chi connectivity index (χ2n) is 3.78. The van der Waals surface area contributed by atoms with Crippen LogP contribution in [0.1, 0.15) is 12.5 Å². The predicted octanol–water partition coefficient (Wildman–Crippen LogP) is 1.51. The smallest absolute Gasteiger partial charge is 0.407 e. The molecule has 1 amide bonds. The largest absolute Gasteiger partial charge is 0.445 e. The van der Waals surface area contributed by atoms with Gasteiger partial charge in [-0.15, -0.1) is 0 Å². The van der Waals surface area contributed by atoms with Crippen molar-refractivity contribution in [1.29, 1.82) is 0 Å². The zero-order valence-electron chi connectivity index (χ0n) is 9.48. The van der Waals surface area contributed by atoms with Gasteiger partial charge in [-0.3, -0.25) is 0 Å². The summed E-state index contributed by atoms with van der Waals surface area (Å²) in [6.45, 7) is 3.37. The second kappa shape index (κ2) is 6.85. The molecule has 0 aliphatic heterocycles. The molecule has 4 heteroatoms. The highest BCUT2D eigenvalue weighted by atomic mass is 16.5. The van der Waals surface area contributed by atoms with E-state index in [9.17, 15) is 4.79 Å². The maximum Gasteiger partial charge on any atom is 0.407 e. The molecule has 0 saturated heterocycles. The van der Waals surface area contributed by atoms with Gasteiger partial charge in [0.05, 0.1) is 0 Å². The highest BCUT2D eigenvalue weighted by Gasteiger charge is 2.04. The molecule has 0 bridgehead atoms. The number of carbonyl (C=O) groups is 1. The predicted molar refractivity (Wildman–Crippen MR) is 62.8 cm³/mol. The molecule has 1 aromatic rings. The number of nitrogens with two attached hydrogens (primary N) is 1. The summed E-state index contributed by atoms with van der Waals surface area (Å²) in [6.07, 6.45) is -0.399. The van der Waals surface area contributed by atoms with Crippen LogP contribution in [0.4, 0.5) is 4.79 Å². The Labute approximate surface area is 95.8 Å². The molecule has 0 unspecified atom stereocenters. The lowest BCUT2D eigenvalue weighted by atomic mass is 10.2. The van der Waals surface area contributed by atoms with E-state index in [1.807, 2.05) is 37.3 Å². The van der Waals surface area contributed by atoms with Gasteiger partial charge in [-0.25, -0.2) is 4.79 Å². The molecule has 0 heterocycles. The SMILES string of the molecule is C[C@H](CN)CNC(=O)OCc1ccccc1. The van der Waals surface area contributed by atoms with Crippen molar-refractivity contribution in [3.8, 4) is 0 Å². The van der Waals surface area contributed by atoms with E-state index in [2.05, 4.69) is 5.32 Å². The summed E-state index contributed by atoms with van der Waals surface area (Å²) in [4.78, 5) is 11.3. The molecule has 1 atom stereocenters. The van der Waals surface area contributed by atoms with Gasteiger partial charge in [-0.1, -0.05) is 37.3 Å². The van der Waals surface area contributed by atoms with Crippen molar-refractivity contribution >= 4 is 6.09 Å². The lowest BCUT2D eigenvalue weighted by Gasteiger charge is -2.10. The Hall–Kier alpha value is -1.55. The van der Waals surface area contributed by atoms with E-state index in [-0.39, 0.29) is 5.92 Å². The number of hydrogen-bond acceptors (Lipinski definition) is 3. The lowest BCUT2D eigenvalue weighted by molar-refractivity contribution is 0.138. The average Bonchev–Trinajstić information content (AvgIpc) is 2.34. The minimum Gasteiger partial charge on any atom is -0.445 e. The van der Waals surface area contributed by atoms with Crippen molar-refractivity contribution in [2.75, 3.05) is 13.1 Å². The van der Waals surface area contributed by atoms with Crippen molar-refractivity contribution < 1.29 is 9.53 Å². The number of amides is 1. The number of nitrogens with one attached hydrogen (secondary N) is 1. The fourth-order valence-corrected chi connectivity index (χ4v) is 1.12. The Morgan fingerprint density at radius 1 is 1.44 bits per heavy atom. The van der Waals surface area contributed by atoms with Crippen LogP contribution in [0.5, 0.6) is 0 Å². The third kappa shape index (κ3) is 4.79. The first kappa shape index (κ1) is 12.5. The van der Waals surface area contributed by atoms with Crippen LogP contribution in [-0.2, 0) is 11.3 Å². The summed E-state index contributed by atoms with van der Waals surface area (Å²) in [5.41, 5.74) is 6.41. The Morgan fingerprint density at radius 2 is 2.12 bits per heavy atom. The number of alkyl carbamates (subject to hydrolysis) is 1. The lowest BCUT2D eigenvalue weighted by Crippen LogP contribution is -2.31. The first-order valence-corrected chi connectivity index (χ1v) is 5.37. The van der Waals surface area contributed by atoms with Crippen LogP contribution in [0, 0.1) is 5.92 Å². The third-order valence-corrected chi connectivity index (χ3v) is 2.21. The van der Waals surface area contributed by atoms with E-state index in [0.717, 1.165) is 5.56 Å². The first-order chi connectivity index (χ1) is 7.72. The Balaban J connectivity index is 2.20. The standard InChI is InChI=1S/C12H18N2O2/c1-10(7-13)8-14-12(15)16-9-11-5-3-2-4-6-11/h2-6,10H,7-9,13H2,1H3,(H,14,15)/t10-/m1/s1. The number of carbonyl (C=O) groups excluding carboxylic acids is 1. The van der Waals surface area contributed by atoms with Gasteiger partial charge in [0.15, 0.2) is 0 Å². The molecule has 3 N–H and O–H groups in total. The van der Waals surface area contributed by atoms with Crippen molar-refractivity contribution in [2.24, 2.45) is 11.7 Å². The van der Waals surface area contributed by atoms with Crippen LogP contribution in [-0.4, -0.2) is 19.2 Å². The van der Waals surface area contributed by atoms with Gasteiger partial charge in [0.25, 0.3) is 0 Å². The molecule has 0 fully saturated rings. The van der Waals surface area contributed by atoms with Crippen LogP contribution in [0.2, 0.25) is 0 Å². The number of ether oxygens (including phenoxy) is 1. The van der Waals surface area contributed by atoms with Gasteiger partial charge >= 0.3 is 6.09 Å². The highest BCUT2D eigenvalue weighted by Crippen LogP contribution is 2.00. The Bertz CT molecular complexity index is 314. The molecule has 0 aliphatic rings. The molecule has 0 spiro atoms. The third-order valence-electron chi connectivity index (χ3n) is 2.21. The normalized spacial score (nSPS) is 11.9. The molecule has 0 aromatic heterocycles. The highest BCUT2D eigenvalue weighted by molar-refractivity contribution is 5.67. The monoisotopic (exact) mass is 222 g/mol. The molecular formula is C12H18N2O2. The Morgan fingerprint density at radius 3 is 2.75 bits per heavy atom. The van der Waals surface area contributed by atoms with Crippen molar-refractivity contribution in [3.63, 3.8) is 0 Å². The molecule has 4 nitrogen and oxygen atoms in total. The van der Waals surface area contributed by atoms with Crippen molar-refractivity contribution in [2.45, 2.75) is 13.5 Å². The van der Waals surface area contributed by atoms with Gasteiger partial charge in [0.1, 0.15) is 6.61 Å². The van der Waals surface area contributed by atoms with Gasteiger partial charge in [-0.2, -0.15) is 0 Å². The zero-order valence-corrected chi connectivity index (χ0v) is 9.48.